The van der Waals surface area contributed by atoms with Gasteiger partial charge in [-0.1, -0.05) is 27.7 Å². The summed E-state index contributed by atoms with van der Waals surface area (Å²) in [6, 6.07) is 4.87. The molecular formula is C16H39NO3Si2. The summed E-state index contributed by atoms with van der Waals surface area (Å²) >= 11 is 0. The second kappa shape index (κ2) is 11.8. The molecule has 0 aromatic rings. The van der Waals surface area contributed by atoms with E-state index in [0.717, 1.165) is 19.1 Å². The molecule has 0 fully saturated rings. The third-order valence-electron chi connectivity index (χ3n) is 4.81. The first-order chi connectivity index (χ1) is 10.5. The van der Waals surface area contributed by atoms with Crippen LogP contribution in [0, 0.1) is 0 Å². The van der Waals surface area contributed by atoms with Crippen molar-refractivity contribution in [2.45, 2.75) is 72.6 Å². The van der Waals surface area contributed by atoms with Gasteiger partial charge in [-0.2, -0.15) is 0 Å². The van der Waals surface area contributed by atoms with E-state index in [-0.39, 0.29) is 0 Å². The van der Waals surface area contributed by atoms with E-state index in [2.05, 4.69) is 32.3 Å². The molecule has 0 bridgehead atoms. The van der Waals surface area contributed by atoms with Gasteiger partial charge in [0.05, 0.1) is 0 Å². The smallest absolute Gasteiger partial charge is 0.374 e. The zero-order valence-corrected chi connectivity index (χ0v) is 18.0. The molecule has 0 atom stereocenters. The van der Waals surface area contributed by atoms with Crippen LogP contribution in [0.2, 0.25) is 24.2 Å². The summed E-state index contributed by atoms with van der Waals surface area (Å²) in [7, 11) is -3.84. The van der Waals surface area contributed by atoms with Gasteiger partial charge in [-0.15, -0.1) is 0 Å². The molecule has 4 nitrogen and oxygen atoms in total. The lowest BCUT2D eigenvalue weighted by molar-refractivity contribution is 0.0699. The van der Waals surface area contributed by atoms with Gasteiger partial charge in [0.15, 0.2) is 0 Å². The third-order valence-corrected chi connectivity index (χ3v) is 13.7. The van der Waals surface area contributed by atoms with Crippen LogP contribution in [0.4, 0.5) is 0 Å². The molecule has 0 aliphatic heterocycles. The standard InChI is InChI=1S/C16H39NO3Si2/c1-8-17(21(12-5,13-6)14-7)15-16-22(18-9-2,19-10-3)20-11-4/h8-16H2,1-7H3. The van der Waals surface area contributed by atoms with E-state index in [1.165, 1.54) is 18.1 Å². The molecule has 0 aliphatic rings. The molecule has 0 aromatic carbocycles. The highest BCUT2D eigenvalue weighted by Gasteiger charge is 2.42. The largest absolute Gasteiger partial charge is 0.502 e. The van der Waals surface area contributed by atoms with Crippen molar-refractivity contribution in [2.24, 2.45) is 0 Å². The average molecular weight is 350 g/mol. The first kappa shape index (κ1) is 22.3. The highest BCUT2D eigenvalue weighted by molar-refractivity contribution is 6.77. The van der Waals surface area contributed by atoms with E-state index in [1.54, 1.807) is 0 Å². The fourth-order valence-corrected chi connectivity index (χ4v) is 10.3. The van der Waals surface area contributed by atoms with Crippen LogP contribution in [-0.4, -0.2) is 54.5 Å². The van der Waals surface area contributed by atoms with Crippen LogP contribution in [0.25, 0.3) is 0 Å². The summed E-state index contributed by atoms with van der Waals surface area (Å²) in [6.07, 6.45) is 0. The van der Waals surface area contributed by atoms with Gasteiger partial charge in [-0.3, -0.25) is 0 Å². The Balaban J connectivity index is 5.04. The lowest BCUT2D eigenvalue weighted by atomic mass is 10.6. The van der Waals surface area contributed by atoms with Crippen LogP contribution >= 0.6 is 0 Å². The second-order valence-electron chi connectivity index (χ2n) is 5.60. The molecule has 0 saturated carbocycles. The van der Waals surface area contributed by atoms with Gasteiger partial charge in [0.2, 0.25) is 0 Å². The van der Waals surface area contributed by atoms with Crippen molar-refractivity contribution in [1.29, 1.82) is 0 Å². The molecule has 0 radical (unpaired) electrons. The summed E-state index contributed by atoms with van der Waals surface area (Å²) in [5, 5.41) is 0. The van der Waals surface area contributed by atoms with E-state index in [9.17, 15) is 0 Å². The molecular weight excluding hydrogens is 310 g/mol. The van der Waals surface area contributed by atoms with E-state index >= 15 is 0 Å². The van der Waals surface area contributed by atoms with Gasteiger partial charge in [-0.05, 0) is 52.0 Å². The van der Waals surface area contributed by atoms with E-state index in [0.29, 0.717) is 19.8 Å². The maximum Gasteiger partial charge on any atom is 0.502 e. The highest BCUT2D eigenvalue weighted by atomic mass is 28.4. The van der Waals surface area contributed by atoms with E-state index in [1.807, 2.05) is 20.8 Å². The lowest BCUT2D eigenvalue weighted by Crippen LogP contribution is -2.55. The van der Waals surface area contributed by atoms with Crippen molar-refractivity contribution >= 4 is 17.0 Å². The van der Waals surface area contributed by atoms with Crippen molar-refractivity contribution in [3.8, 4) is 0 Å². The number of rotatable bonds is 14. The second-order valence-corrected chi connectivity index (χ2v) is 13.5. The Morgan fingerprint density at radius 1 is 0.682 bits per heavy atom. The minimum atomic E-state index is -2.51. The Morgan fingerprint density at radius 2 is 1.09 bits per heavy atom. The fourth-order valence-electron chi connectivity index (χ4n) is 3.42. The van der Waals surface area contributed by atoms with E-state index < -0.39 is 17.0 Å². The van der Waals surface area contributed by atoms with Gasteiger partial charge in [0, 0.05) is 25.9 Å². The Bertz CT molecular complexity index is 251. The van der Waals surface area contributed by atoms with Crippen molar-refractivity contribution in [1.82, 2.24) is 4.57 Å². The molecule has 22 heavy (non-hydrogen) atoms. The zero-order chi connectivity index (χ0) is 17.1. The monoisotopic (exact) mass is 349 g/mol. The predicted molar refractivity (Wildman–Crippen MR) is 99.9 cm³/mol. The first-order valence-corrected chi connectivity index (χ1v) is 13.7. The van der Waals surface area contributed by atoms with Crippen LogP contribution in [0.15, 0.2) is 0 Å². The van der Waals surface area contributed by atoms with Crippen LogP contribution in [-0.2, 0) is 13.3 Å². The Morgan fingerprint density at radius 3 is 1.36 bits per heavy atom. The molecule has 0 rings (SSSR count). The molecule has 0 heterocycles. The van der Waals surface area contributed by atoms with Crippen LogP contribution in [0.5, 0.6) is 0 Å². The van der Waals surface area contributed by atoms with Gasteiger partial charge < -0.3 is 17.8 Å². The molecule has 0 spiro atoms. The lowest BCUT2D eigenvalue weighted by Gasteiger charge is -2.41. The first-order valence-electron chi connectivity index (χ1n) is 9.20. The normalized spacial score (nSPS) is 13.1. The van der Waals surface area contributed by atoms with Crippen molar-refractivity contribution in [3.63, 3.8) is 0 Å². The van der Waals surface area contributed by atoms with E-state index in [4.69, 9.17) is 13.3 Å². The van der Waals surface area contributed by atoms with Crippen LogP contribution in [0.1, 0.15) is 48.5 Å². The molecule has 134 valence electrons. The summed E-state index contributed by atoms with van der Waals surface area (Å²) in [5.74, 6) is 0. The predicted octanol–water partition coefficient (Wildman–Crippen LogP) is 4.36. The minimum absolute atomic E-state index is 0.663. The maximum absolute atomic E-state index is 6.00. The van der Waals surface area contributed by atoms with Crippen LogP contribution in [0.3, 0.4) is 0 Å². The summed E-state index contributed by atoms with van der Waals surface area (Å²) < 4.78 is 20.7. The van der Waals surface area contributed by atoms with Gasteiger partial charge in [0.25, 0.3) is 0 Å². The number of hydrogen-bond acceptors (Lipinski definition) is 4. The molecule has 0 aromatic heterocycles. The summed E-state index contributed by atoms with van der Waals surface area (Å²) in [5.41, 5.74) is 0. The maximum atomic E-state index is 6.00. The summed E-state index contributed by atoms with van der Waals surface area (Å²) in [4.78, 5) is 0. The number of hydrogen-bond donors (Lipinski definition) is 0. The quantitative estimate of drug-likeness (QED) is 0.436. The topological polar surface area (TPSA) is 30.9 Å². The number of nitrogens with zero attached hydrogens (tertiary/aromatic N) is 1. The highest BCUT2D eigenvalue weighted by Crippen LogP contribution is 2.27. The third kappa shape index (κ3) is 6.05. The van der Waals surface area contributed by atoms with Crippen molar-refractivity contribution in [2.75, 3.05) is 32.9 Å². The minimum Gasteiger partial charge on any atom is -0.374 e. The Hall–Kier alpha value is 0.274. The molecule has 0 aliphatic carbocycles. The van der Waals surface area contributed by atoms with Crippen LogP contribution < -0.4 is 0 Å². The summed E-state index contributed by atoms with van der Waals surface area (Å²) in [6.45, 7) is 19.6. The molecule has 0 unspecified atom stereocenters. The Kier molecular flexibility index (Phi) is 11.9. The van der Waals surface area contributed by atoms with Gasteiger partial charge in [-0.25, -0.2) is 0 Å². The molecule has 0 N–H and O–H groups in total. The van der Waals surface area contributed by atoms with Crippen molar-refractivity contribution in [3.05, 3.63) is 0 Å². The van der Waals surface area contributed by atoms with Gasteiger partial charge in [0.1, 0.15) is 8.24 Å². The van der Waals surface area contributed by atoms with Crippen molar-refractivity contribution < 1.29 is 13.3 Å². The van der Waals surface area contributed by atoms with Gasteiger partial charge >= 0.3 is 8.80 Å². The molecule has 0 saturated heterocycles. The SMILES string of the molecule is CCO[Si](CCN(CC)[Si](CC)(CC)CC)(OCC)OCC. The zero-order valence-electron chi connectivity index (χ0n) is 16.0. The molecule has 0 amide bonds. The molecule has 6 heteroatoms. The Labute approximate surface area is 141 Å². The average Bonchev–Trinajstić information content (AvgIpc) is 2.53. The fraction of sp³-hybridized carbons (Fsp3) is 1.00.